The van der Waals surface area contributed by atoms with Crippen LogP contribution in [0.5, 0.6) is 5.75 Å². The van der Waals surface area contributed by atoms with Crippen molar-refractivity contribution >= 4 is 15.9 Å². The van der Waals surface area contributed by atoms with E-state index in [1.807, 2.05) is 0 Å². The van der Waals surface area contributed by atoms with Gasteiger partial charge in [-0.25, -0.2) is 0 Å². The van der Waals surface area contributed by atoms with E-state index in [0.29, 0.717) is 10.2 Å². The molecule has 1 rings (SSSR count). The van der Waals surface area contributed by atoms with E-state index in [1.165, 1.54) is 10.6 Å². The predicted octanol–water partition coefficient (Wildman–Crippen LogP) is 2.78. The molecule has 0 fully saturated rings. The van der Waals surface area contributed by atoms with Gasteiger partial charge >= 0.3 is 0 Å². The van der Waals surface area contributed by atoms with Crippen molar-refractivity contribution in [3.05, 3.63) is 64.2 Å². The fourth-order valence-corrected chi connectivity index (χ4v) is 1.42. The highest BCUT2D eigenvalue weighted by atomic mass is 79.9. The third kappa shape index (κ3) is 2.73. The molecular weight excluding hydrogens is 270 g/mol. The zero-order valence-corrected chi connectivity index (χ0v) is 10.5. The Kier molecular flexibility index (Phi) is 4.31. The van der Waals surface area contributed by atoms with Gasteiger partial charge in [-0.3, -0.25) is 4.79 Å². The number of allylic oxidation sites excluding steroid dienone is 3. The molecular formula is C12H12BrNO2. The molecule has 0 unspecified atom stereocenters. The van der Waals surface area contributed by atoms with Gasteiger partial charge in [0.1, 0.15) is 5.76 Å². The zero-order chi connectivity index (χ0) is 12.1. The lowest BCUT2D eigenvalue weighted by Gasteiger charge is -2.08. The van der Waals surface area contributed by atoms with Crippen LogP contribution in [0.25, 0.3) is 0 Å². The number of aryl methyl sites for hydroxylation is 1. The number of nitrogens with zero attached hydrogens (tertiary/aromatic N) is 1. The Hall–Kier alpha value is -1.55. The first-order valence-corrected chi connectivity index (χ1v) is 5.37. The third-order valence-electron chi connectivity index (χ3n) is 1.88. The Labute approximate surface area is 102 Å². The molecule has 0 spiro atoms. The second-order valence-electron chi connectivity index (χ2n) is 3.02. The molecule has 1 aromatic heterocycles. The van der Waals surface area contributed by atoms with Crippen LogP contribution in [0.3, 0.4) is 0 Å². The van der Waals surface area contributed by atoms with Gasteiger partial charge in [0.05, 0.1) is 4.47 Å². The molecule has 0 N–H and O–H groups in total. The standard InChI is InChI=1S/C12H12BrNO2/c1-4-6-9(5-2)16-11-10(13)7-8-14(3)12(11)15/h4-8H,1-2H2,3H3/b9-6+. The van der Waals surface area contributed by atoms with Crippen LogP contribution in [-0.2, 0) is 7.05 Å². The molecule has 0 bridgehead atoms. The lowest BCUT2D eigenvalue weighted by molar-refractivity contribution is 0.431. The van der Waals surface area contributed by atoms with E-state index in [9.17, 15) is 4.79 Å². The van der Waals surface area contributed by atoms with Crippen LogP contribution in [0.15, 0.2) is 58.7 Å². The lowest BCUT2D eigenvalue weighted by atomic mass is 10.4. The van der Waals surface area contributed by atoms with Gasteiger partial charge in [0.2, 0.25) is 5.75 Å². The summed E-state index contributed by atoms with van der Waals surface area (Å²) in [7, 11) is 1.66. The number of hydrogen-bond acceptors (Lipinski definition) is 2. The number of ether oxygens (including phenoxy) is 1. The molecule has 84 valence electrons. The van der Waals surface area contributed by atoms with E-state index in [1.54, 1.807) is 31.5 Å². The van der Waals surface area contributed by atoms with Gasteiger partial charge in [-0.05, 0) is 34.1 Å². The Morgan fingerprint density at radius 2 is 2.25 bits per heavy atom. The summed E-state index contributed by atoms with van der Waals surface area (Å²) >= 11 is 3.26. The van der Waals surface area contributed by atoms with Crippen molar-refractivity contribution in [3.8, 4) is 5.75 Å². The van der Waals surface area contributed by atoms with Crippen LogP contribution in [0.4, 0.5) is 0 Å². The Morgan fingerprint density at radius 3 is 2.81 bits per heavy atom. The van der Waals surface area contributed by atoms with Crippen LogP contribution >= 0.6 is 15.9 Å². The summed E-state index contributed by atoms with van der Waals surface area (Å²) in [6, 6.07) is 1.74. The van der Waals surface area contributed by atoms with Gasteiger partial charge < -0.3 is 9.30 Å². The predicted molar refractivity (Wildman–Crippen MR) is 68.5 cm³/mol. The molecule has 0 aromatic carbocycles. The number of hydrogen-bond donors (Lipinski definition) is 0. The van der Waals surface area contributed by atoms with Crippen molar-refractivity contribution < 1.29 is 4.74 Å². The minimum Gasteiger partial charge on any atom is -0.450 e. The summed E-state index contributed by atoms with van der Waals surface area (Å²) in [5.41, 5.74) is -0.216. The van der Waals surface area contributed by atoms with Crippen molar-refractivity contribution in [1.82, 2.24) is 4.57 Å². The van der Waals surface area contributed by atoms with Crippen molar-refractivity contribution in [1.29, 1.82) is 0 Å². The Balaban J connectivity index is 3.19. The van der Waals surface area contributed by atoms with E-state index in [-0.39, 0.29) is 11.3 Å². The van der Waals surface area contributed by atoms with E-state index in [4.69, 9.17) is 4.74 Å². The molecule has 0 radical (unpaired) electrons. The van der Waals surface area contributed by atoms with Gasteiger partial charge in [0, 0.05) is 13.2 Å². The van der Waals surface area contributed by atoms with Crippen molar-refractivity contribution in [2.45, 2.75) is 0 Å². The second kappa shape index (κ2) is 5.51. The van der Waals surface area contributed by atoms with Crippen LogP contribution in [0.1, 0.15) is 0 Å². The Bertz CT molecular complexity index is 500. The van der Waals surface area contributed by atoms with Gasteiger partial charge in [0.25, 0.3) is 5.56 Å². The molecule has 3 nitrogen and oxygen atoms in total. The highest BCUT2D eigenvalue weighted by Crippen LogP contribution is 2.21. The Morgan fingerprint density at radius 1 is 1.56 bits per heavy atom. The fraction of sp³-hybridized carbons (Fsp3) is 0.0833. The van der Waals surface area contributed by atoms with Gasteiger partial charge in [0.15, 0.2) is 0 Å². The molecule has 0 aliphatic carbocycles. The maximum Gasteiger partial charge on any atom is 0.294 e. The van der Waals surface area contributed by atoms with E-state index in [0.717, 1.165) is 0 Å². The molecule has 0 saturated heterocycles. The molecule has 0 aliphatic rings. The first-order valence-electron chi connectivity index (χ1n) is 4.58. The summed E-state index contributed by atoms with van der Waals surface area (Å²) in [6.07, 6.45) is 6.37. The molecule has 0 atom stereocenters. The van der Waals surface area contributed by atoms with Crippen molar-refractivity contribution in [2.75, 3.05) is 0 Å². The van der Waals surface area contributed by atoms with Crippen molar-refractivity contribution in [2.24, 2.45) is 7.05 Å². The van der Waals surface area contributed by atoms with Gasteiger partial charge in [-0.15, -0.1) is 0 Å². The number of rotatable bonds is 4. The SMILES string of the molecule is C=C/C=C(\C=C)Oc1c(Br)ccn(C)c1=O. The summed E-state index contributed by atoms with van der Waals surface area (Å²) in [5.74, 6) is 0.706. The highest BCUT2D eigenvalue weighted by Gasteiger charge is 2.09. The fourth-order valence-electron chi connectivity index (χ4n) is 1.05. The van der Waals surface area contributed by atoms with Crippen LogP contribution in [-0.4, -0.2) is 4.57 Å². The first-order chi connectivity index (χ1) is 7.60. The smallest absolute Gasteiger partial charge is 0.294 e. The molecule has 0 saturated carbocycles. The molecule has 0 amide bonds. The summed E-state index contributed by atoms with van der Waals surface area (Å²) in [5, 5.41) is 0. The maximum absolute atomic E-state index is 11.8. The molecule has 1 aromatic rings. The van der Waals surface area contributed by atoms with Crippen LogP contribution < -0.4 is 10.3 Å². The molecule has 0 aliphatic heterocycles. The van der Waals surface area contributed by atoms with E-state index in [2.05, 4.69) is 29.1 Å². The largest absolute Gasteiger partial charge is 0.450 e. The lowest BCUT2D eigenvalue weighted by Crippen LogP contribution is -2.18. The molecule has 16 heavy (non-hydrogen) atoms. The van der Waals surface area contributed by atoms with E-state index < -0.39 is 0 Å². The normalized spacial score (nSPS) is 11.0. The minimum atomic E-state index is -0.216. The highest BCUT2D eigenvalue weighted by molar-refractivity contribution is 9.10. The van der Waals surface area contributed by atoms with Crippen molar-refractivity contribution in [3.63, 3.8) is 0 Å². The van der Waals surface area contributed by atoms with Crippen LogP contribution in [0.2, 0.25) is 0 Å². The average Bonchev–Trinajstić information content (AvgIpc) is 2.28. The first kappa shape index (κ1) is 12.5. The van der Waals surface area contributed by atoms with Crippen LogP contribution in [0, 0.1) is 0 Å². The van der Waals surface area contributed by atoms with Gasteiger partial charge in [-0.2, -0.15) is 0 Å². The molecule has 1 heterocycles. The van der Waals surface area contributed by atoms with Gasteiger partial charge in [-0.1, -0.05) is 19.2 Å². The number of halogens is 1. The monoisotopic (exact) mass is 281 g/mol. The third-order valence-corrected chi connectivity index (χ3v) is 2.50. The second-order valence-corrected chi connectivity index (χ2v) is 3.87. The van der Waals surface area contributed by atoms with E-state index >= 15 is 0 Å². The summed E-state index contributed by atoms with van der Waals surface area (Å²) in [4.78, 5) is 11.8. The summed E-state index contributed by atoms with van der Waals surface area (Å²) in [6.45, 7) is 7.15. The quantitative estimate of drug-likeness (QED) is 0.628. The topological polar surface area (TPSA) is 31.2 Å². The summed E-state index contributed by atoms with van der Waals surface area (Å²) < 4.78 is 7.48. The molecule has 4 heteroatoms. The minimum absolute atomic E-state index is 0.216. The zero-order valence-electron chi connectivity index (χ0n) is 8.94. The maximum atomic E-state index is 11.8. The number of aromatic nitrogens is 1. The average molecular weight is 282 g/mol. The number of pyridine rings is 1.